The zero-order chi connectivity index (χ0) is 15.2. The molecule has 4 heteroatoms. The van der Waals surface area contributed by atoms with Gasteiger partial charge in [0.1, 0.15) is 0 Å². The third-order valence-electron chi connectivity index (χ3n) is 3.89. The number of nitrogens with one attached hydrogen (secondary N) is 2. The number of hydrogen-bond donors (Lipinski definition) is 2. The second kappa shape index (κ2) is 7.57. The van der Waals surface area contributed by atoms with Gasteiger partial charge in [0.05, 0.1) is 0 Å². The number of thiocarbonyl (C=S) groups is 1. The molecule has 2 N–H and O–H groups in total. The van der Waals surface area contributed by atoms with Gasteiger partial charge in [-0.3, -0.25) is 4.90 Å². The Hall–Kier alpha value is -1.39. The number of nitrogens with zero attached hydrogens (tertiary/aromatic N) is 1. The lowest BCUT2D eigenvalue weighted by molar-refractivity contribution is 0.191. The van der Waals surface area contributed by atoms with Gasteiger partial charge < -0.3 is 10.6 Å². The summed E-state index contributed by atoms with van der Waals surface area (Å²) in [4.78, 5) is 2.51. The minimum Gasteiger partial charge on any atom is -0.361 e. The van der Waals surface area contributed by atoms with E-state index in [1.807, 2.05) is 6.92 Å². The molecule has 0 spiro atoms. The molecule has 0 amide bonds. The molecule has 0 saturated heterocycles. The van der Waals surface area contributed by atoms with E-state index in [4.69, 9.17) is 12.2 Å². The van der Waals surface area contributed by atoms with E-state index in [2.05, 4.69) is 53.3 Å². The van der Waals surface area contributed by atoms with Crippen molar-refractivity contribution < 1.29 is 0 Å². The predicted octanol–water partition coefficient (Wildman–Crippen LogP) is 2.47. The first-order valence-electron chi connectivity index (χ1n) is 7.53. The maximum atomic E-state index is 5.27. The van der Waals surface area contributed by atoms with Crippen LogP contribution in [-0.2, 0) is 13.0 Å². The molecule has 3 nitrogen and oxygen atoms in total. The number of hydrogen-bond acceptors (Lipinski definition) is 2. The Bertz CT molecular complexity index is 513. The Labute approximate surface area is 133 Å². The van der Waals surface area contributed by atoms with Crippen LogP contribution >= 0.6 is 12.2 Å². The summed E-state index contributed by atoms with van der Waals surface area (Å²) in [5, 5.41) is 7.17. The highest BCUT2D eigenvalue weighted by Crippen LogP contribution is 2.19. The van der Waals surface area contributed by atoms with Crippen molar-refractivity contribution in [1.29, 1.82) is 0 Å². The van der Waals surface area contributed by atoms with Crippen LogP contribution in [0.4, 0.5) is 0 Å². The van der Waals surface area contributed by atoms with Crippen LogP contribution in [0.25, 0.3) is 0 Å². The van der Waals surface area contributed by atoms with Crippen LogP contribution < -0.4 is 10.6 Å². The minimum atomic E-state index is 0.461. The molecule has 0 unspecified atom stereocenters. The van der Waals surface area contributed by atoms with Gasteiger partial charge in [0.15, 0.2) is 5.11 Å². The van der Waals surface area contributed by atoms with Crippen molar-refractivity contribution in [3.05, 3.63) is 47.5 Å². The Morgan fingerprint density at radius 2 is 2.05 bits per heavy atom. The van der Waals surface area contributed by atoms with Gasteiger partial charge in [0.2, 0.25) is 0 Å². The summed E-state index contributed by atoms with van der Waals surface area (Å²) in [6.07, 6.45) is 1.14. The van der Waals surface area contributed by atoms with Crippen molar-refractivity contribution in [1.82, 2.24) is 15.5 Å². The van der Waals surface area contributed by atoms with Crippen molar-refractivity contribution in [2.24, 2.45) is 0 Å². The molecule has 1 aromatic rings. The second-order valence-corrected chi connectivity index (χ2v) is 6.27. The van der Waals surface area contributed by atoms with Crippen LogP contribution in [0.15, 0.2) is 36.4 Å². The maximum Gasteiger partial charge on any atom is 0.166 e. The van der Waals surface area contributed by atoms with Gasteiger partial charge in [0, 0.05) is 32.2 Å². The third-order valence-corrected chi connectivity index (χ3v) is 4.18. The van der Waals surface area contributed by atoms with Gasteiger partial charge in [-0.2, -0.15) is 0 Å². The molecular formula is C17H25N3S. The fourth-order valence-electron chi connectivity index (χ4n) is 2.56. The predicted molar refractivity (Wildman–Crippen MR) is 93.4 cm³/mol. The lowest BCUT2D eigenvalue weighted by atomic mass is 9.99. The molecule has 21 heavy (non-hydrogen) atoms. The Kier molecular flexibility index (Phi) is 5.76. The normalized spacial score (nSPS) is 15.9. The second-order valence-electron chi connectivity index (χ2n) is 5.86. The largest absolute Gasteiger partial charge is 0.361 e. The fraction of sp³-hybridized carbons (Fsp3) is 0.471. The van der Waals surface area contributed by atoms with E-state index in [0.29, 0.717) is 11.2 Å². The topological polar surface area (TPSA) is 27.3 Å². The SMILES string of the molecule is C=C(C)CNC(=S)NC[C@H](C)N1CCc2ccccc2C1. The van der Waals surface area contributed by atoms with Gasteiger partial charge in [-0.05, 0) is 43.6 Å². The summed E-state index contributed by atoms with van der Waals surface area (Å²) in [5.41, 5.74) is 4.03. The van der Waals surface area contributed by atoms with E-state index in [0.717, 1.165) is 38.2 Å². The molecular weight excluding hydrogens is 278 g/mol. The molecule has 2 rings (SSSR count). The summed E-state index contributed by atoms with van der Waals surface area (Å²) in [6, 6.07) is 9.20. The van der Waals surface area contributed by atoms with E-state index < -0.39 is 0 Å². The van der Waals surface area contributed by atoms with Crippen LogP contribution in [0.2, 0.25) is 0 Å². The van der Waals surface area contributed by atoms with E-state index in [9.17, 15) is 0 Å². The van der Waals surface area contributed by atoms with Gasteiger partial charge in [0.25, 0.3) is 0 Å². The van der Waals surface area contributed by atoms with E-state index in [1.165, 1.54) is 11.1 Å². The highest BCUT2D eigenvalue weighted by molar-refractivity contribution is 7.80. The number of fused-ring (bicyclic) bond motifs is 1. The van der Waals surface area contributed by atoms with Crippen LogP contribution in [0.1, 0.15) is 25.0 Å². The van der Waals surface area contributed by atoms with Crippen molar-refractivity contribution in [3.63, 3.8) is 0 Å². The molecule has 1 heterocycles. The summed E-state index contributed by atoms with van der Waals surface area (Å²) in [6.45, 7) is 11.8. The Morgan fingerprint density at radius 3 is 2.76 bits per heavy atom. The van der Waals surface area contributed by atoms with E-state index in [1.54, 1.807) is 0 Å². The highest BCUT2D eigenvalue weighted by atomic mass is 32.1. The molecule has 1 atom stereocenters. The van der Waals surface area contributed by atoms with Crippen LogP contribution in [0, 0.1) is 0 Å². The van der Waals surface area contributed by atoms with Crippen molar-refractivity contribution in [2.45, 2.75) is 32.9 Å². The van der Waals surface area contributed by atoms with E-state index in [-0.39, 0.29) is 0 Å². The molecule has 114 valence electrons. The van der Waals surface area contributed by atoms with Crippen LogP contribution in [-0.4, -0.2) is 35.7 Å². The smallest absolute Gasteiger partial charge is 0.166 e. The van der Waals surface area contributed by atoms with Gasteiger partial charge in [-0.15, -0.1) is 0 Å². The monoisotopic (exact) mass is 303 g/mol. The first-order chi connectivity index (χ1) is 10.1. The lowest BCUT2D eigenvalue weighted by Crippen LogP contribution is -2.46. The van der Waals surface area contributed by atoms with Crippen molar-refractivity contribution in [3.8, 4) is 0 Å². The summed E-state index contributed by atoms with van der Waals surface area (Å²) < 4.78 is 0. The highest BCUT2D eigenvalue weighted by Gasteiger charge is 2.20. The molecule has 1 aliphatic rings. The molecule has 0 aliphatic carbocycles. The van der Waals surface area contributed by atoms with Gasteiger partial charge >= 0.3 is 0 Å². The molecule has 0 saturated carbocycles. The quantitative estimate of drug-likeness (QED) is 0.645. The summed E-state index contributed by atoms with van der Waals surface area (Å²) in [7, 11) is 0. The average Bonchev–Trinajstić information content (AvgIpc) is 2.50. The van der Waals surface area contributed by atoms with Gasteiger partial charge in [-0.1, -0.05) is 36.4 Å². The maximum absolute atomic E-state index is 5.27. The first-order valence-corrected chi connectivity index (χ1v) is 7.94. The molecule has 0 aromatic heterocycles. The van der Waals surface area contributed by atoms with Gasteiger partial charge in [-0.25, -0.2) is 0 Å². The standard InChI is InChI=1S/C17H25N3S/c1-13(2)10-18-17(21)19-11-14(3)20-9-8-15-6-4-5-7-16(15)12-20/h4-7,14H,1,8-12H2,2-3H3,(H2,18,19,21)/t14-/m0/s1. The first kappa shape index (κ1) is 16.0. The number of benzene rings is 1. The van der Waals surface area contributed by atoms with Crippen LogP contribution in [0.5, 0.6) is 0 Å². The van der Waals surface area contributed by atoms with Crippen LogP contribution in [0.3, 0.4) is 0 Å². The molecule has 0 fully saturated rings. The van der Waals surface area contributed by atoms with Crippen molar-refractivity contribution in [2.75, 3.05) is 19.6 Å². The minimum absolute atomic E-state index is 0.461. The zero-order valence-corrected chi connectivity index (χ0v) is 13.8. The molecule has 0 bridgehead atoms. The Balaban J connectivity index is 1.78. The summed E-state index contributed by atoms with van der Waals surface area (Å²) in [5.74, 6) is 0. The molecule has 1 aromatic carbocycles. The summed E-state index contributed by atoms with van der Waals surface area (Å²) >= 11 is 5.27. The average molecular weight is 303 g/mol. The Morgan fingerprint density at radius 1 is 1.33 bits per heavy atom. The molecule has 1 aliphatic heterocycles. The van der Waals surface area contributed by atoms with E-state index >= 15 is 0 Å². The third kappa shape index (κ3) is 4.83. The number of rotatable bonds is 5. The fourth-order valence-corrected chi connectivity index (χ4v) is 2.71. The van der Waals surface area contributed by atoms with Crippen molar-refractivity contribution >= 4 is 17.3 Å². The zero-order valence-electron chi connectivity index (χ0n) is 13.0. The lowest BCUT2D eigenvalue weighted by Gasteiger charge is -2.34. The molecule has 0 radical (unpaired) electrons.